The molecule has 1 amide bonds. The number of hydrogen-bond acceptors (Lipinski definition) is 3. The van der Waals surface area contributed by atoms with Crippen LogP contribution in [0.15, 0.2) is 36.4 Å². The number of carbonyl (C=O) groups is 1. The van der Waals surface area contributed by atoms with Crippen LogP contribution in [0.1, 0.15) is 50.5 Å². The fourth-order valence-electron chi connectivity index (χ4n) is 4.45. The lowest BCUT2D eigenvalue weighted by molar-refractivity contribution is -0.133. The quantitative estimate of drug-likeness (QED) is 0.813. The zero-order valence-corrected chi connectivity index (χ0v) is 15.2. The van der Waals surface area contributed by atoms with Crippen molar-refractivity contribution in [3.63, 3.8) is 0 Å². The highest BCUT2D eigenvalue weighted by molar-refractivity contribution is 5.98. The highest BCUT2D eigenvalue weighted by Gasteiger charge is 2.29. The number of carbonyl (C=O) groups excluding carboxylic acids is 1. The van der Waals surface area contributed by atoms with Gasteiger partial charge in [-0.2, -0.15) is 5.26 Å². The molecule has 0 N–H and O–H groups in total. The molecule has 2 fully saturated rings. The lowest BCUT2D eigenvalue weighted by Gasteiger charge is -2.41. The SMILES string of the molecule is N#Cc1ccc(N2CCCCN2C(=O)CC2CCCC2)c2ccccc12. The Morgan fingerprint density at radius 1 is 1.00 bits per heavy atom. The standard InChI is InChI=1S/C22H25N3O/c23-16-18-11-12-21(20-10-4-3-9-19(18)20)24-13-5-6-14-25(24)22(26)15-17-7-1-2-8-17/h3-4,9-12,17H,1-2,5-8,13-15H2. The predicted octanol–water partition coefficient (Wildman–Crippen LogP) is 4.64. The molecule has 2 aromatic rings. The Balaban J connectivity index is 1.67. The summed E-state index contributed by atoms with van der Waals surface area (Å²) in [5, 5.41) is 15.5. The highest BCUT2D eigenvalue weighted by atomic mass is 16.2. The van der Waals surface area contributed by atoms with Gasteiger partial charge in [0.2, 0.25) is 5.91 Å². The van der Waals surface area contributed by atoms with Crippen LogP contribution < -0.4 is 5.01 Å². The first-order valence-corrected chi connectivity index (χ1v) is 9.77. The summed E-state index contributed by atoms with van der Waals surface area (Å²) >= 11 is 0. The van der Waals surface area contributed by atoms with Crippen LogP contribution in [0.2, 0.25) is 0 Å². The van der Waals surface area contributed by atoms with Crippen LogP contribution in [0.5, 0.6) is 0 Å². The number of fused-ring (bicyclic) bond motifs is 1. The molecule has 1 aliphatic heterocycles. The molecule has 26 heavy (non-hydrogen) atoms. The third-order valence-electron chi connectivity index (χ3n) is 5.81. The Hall–Kier alpha value is -2.54. The third kappa shape index (κ3) is 3.14. The largest absolute Gasteiger partial charge is 0.282 e. The molecule has 134 valence electrons. The third-order valence-corrected chi connectivity index (χ3v) is 5.81. The van der Waals surface area contributed by atoms with Crippen LogP contribution in [0.4, 0.5) is 5.69 Å². The number of amides is 1. The smallest absolute Gasteiger partial charge is 0.241 e. The molecule has 1 saturated carbocycles. The van der Waals surface area contributed by atoms with Crippen molar-refractivity contribution >= 4 is 22.4 Å². The molecular formula is C22H25N3O. The predicted molar refractivity (Wildman–Crippen MR) is 104 cm³/mol. The van der Waals surface area contributed by atoms with Crippen LogP contribution in [-0.2, 0) is 4.79 Å². The molecule has 0 atom stereocenters. The van der Waals surface area contributed by atoms with Crippen molar-refractivity contribution in [3.05, 3.63) is 42.0 Å². The fraction of sp³-hybridized carbons (Fsp3) is 0.455. The lowest BCUT2D eigenvalue weighted by atomic mass is 10.0. The number of nitrogens with zero attached hydrogens (tertiary/aromatic N) is 3. The number of rotatable bonds is 3. The zero-order valence-electron chi connectivity index (χ0n) is 15.2. The van der Waals surface area contributed by atoms with Crippen molar-refractivity contribution in [2.24, 2.45) is 5.92 Å². The van der Waals surface area contributed by atoms with E-state index in [-0.39, 0.29) is 5.91 Å². The van der Waals surface area contributed by atoms with Gasteiger partial charge in [0.25, 0.3) is 0 Å². The Morgan fingerprint density at radius 2 is 1.73 bits per heavy atom. The van der Waals surface area contributed by atoms with E-state index in [0.717, 1.165) is 42.4 Å². The van der Waals surface area contributed by atoms with Crippen molar-refractivity contribution < 1.29 is 4.79 Å². The van der Waals surface area contributed by atoms with Gasteiger partial charge in [-0.1, -0.05) is 37.1 Å². The van der Waals surface area contributed by atoms with Gasteiger partial charge in [-0.25, -0.2) is 0 Å². The second-order valence-electron chi connectivity index (χ2n) is 7.49. The highest BCUT2D eigenvalue weighted by Crippen LogP contribution is 2.33. The van der Waals surface area contributed by atoms with E-state index in [2.05, 4.69) is 17.1 Å². The van der Waals surface area contributed by atoms with Gasteiger partial charge in [-0.3, -0.25) is 14.8 Å². The average Bonchev–Trinajstić information content (AvgIpc) is 3.20. The molecule has 4 heteroatoms. The number of benzene rings is 2. The summed E-state index contributed by atoms with van der Waals surface area (Å²) in [4.78, 5) is 13.0. The number of nitriles is 1. The van der Waals surface area contributed by atoms with E-state index in [1.54, 1.807) is 0 Å². The molecule has 4 nitrogen and oxygen atoms in total. The maximum absolute atomic E-state index is 13.0. The van der Waals surface area contributed by atoms with Crippen molar-refractivity contribution in [2.45, 2.75) is 44.9 Å². The summed E-state index contributed by atoms with van der Waals surface area (Å²) in [5.41, 5.74) is 1.73. The molecule has 1 heterocycles. The summed E-state index contributed by atoms with van der Waals surface area (Å²) in [6.45, 7) is 1.65. The minimum Gasteiger partial charge on any atom is -0.282 e. The summed E-state index contributed by atoms with van der Waals surface area (Å²) in [6, 6.07) is 14.2. The van der Waals surface area contributed by atoms with Gasteiger partial charge in [0, 0.05) is 30.3 Å². The number of hydrazine groups is 1. The van der Waals surface area contributed by atoms with Gasteiger partial charge in [0.15, 0.2) is 0 Å². The van der Waals surface area contributed by atoms with Gasteiger partial charge < -0.3 is 0 Å². The van der Waals surface area contributed by atoms with E-state index < -0.39 is 0 Å². The molecule has 0 spiro atoms. The molecule has 0 radical (unpaired) electrons. The summed E-state index contributed by atoms with van der Waals surface area (Å²) in [6.07, 6.45) is 7.73. The van der Waals surface area contributed by atoms with E-state index in [0.29, 0.717) is 17.9 Å². The Labute approximate surface area is 155 Å². The topological polar surface area (TPSA) is 47.3 Å². The second kappa shape index (κ2) is 7.37. The average molecular weight is 347 g/mol. The Kier molecular flexibility index (Phi) is 4.79. The summed E-state index contributed by atoms with van der Waals surface area (Å²) in [5.74, 6) is 0.814. The number of hydrogen-bond donors (Lipinski definition) is 0. The van der Waals surface area contributed by atoms with Crippen LogP contribution >= 0.6 is 0 Å². The van der Waals surface area contributed by atoms with Crippen LogP contribution in [-0.4, -0.2) is 24.0 Å². The molecule has 2 aliphatic rings. The minimum atomic E-state index is 0.255. The van der Waals surface area contributed by atoms with Crippen LogP contribution in [0, 0.1) is 17.2 Å². The lowest BCUT2D eigenvalue weighted by Crippen LogP contribution is -2.51. The van der Waals surface area contributed by atoms with E-state index in [4.69, 9.17) is 0 Å². The van der Waals surface area contributed by atoms with E-state index >= 15 is 0 Å². The summed E-state index contributed by atoms with van der Waals surface area (Å²) in [7, 11) is 0. The van der Waals surface area contributed by atoms with Gasteiger partial charge in [0.1, 0.15) is 0 Å². The Bertz CT molecular complexity index is 848. The van der Waals surface area contributed by atoms with Gasteiger partial charge >= 0.3 is 0 Å². The van der Waals surface area contributed by atoms with E-state index in [1.165, 1.54) is 25.7 Å². The molecule has 2 aromatic carbocycles. The first-order chi connectivity index (χ1) is 12.8. The van der Waals surface area contributed by atoms with E-state index in [1.807, 2.05) is 35.3 Å². The summed E-state index contributed by atoms with van der Waals surface area (Å²) < 4.78 is 0. The fourth-order valence-corrected chi connectivity index (χ4v) is 4.45. The van der Waals surface area contributed by atoms with Crippen LogP contribution in [0.25, 0.3) is 10.8 Å². The van der Waals surface area contributed by atoms with Crippen LogP contribution in [0.3, 0.4) is 0 Å². The first kappa shape index (κ1) is 16.9. The Morgan fingerprint density at radius 3 is 2.50 bits per heavy atom. The molecular weight excluding hydrogens is 322 g/mol. The van der Waals surface area contributed by atoms with Crippen molar-refractivity contribution in [2.75, 3.05) is 18.1 Å². The maximum atomic E-state index is 13.0. The van der Waals surface area contributed by atoms with Gasteiger partial charge in [-0.15, -0.1) is 0 Å². The zero-order chi connectivity index (χ0) is 17.9. The molecule has 0 bridgehead atoms. The maximum Gasteiger partial charge on any atom is 0.241 e. The van der Waals surface area contributed by atoms with Gasteiger partial charge in [0.05, 0.1) is 17.3 Å². The normalized spacial score (nSPS) is 18.3. The molecule has 4 rings (SSSR count). The molecule has 0 unspecified atom stereocenters. The minimum absolute atomic E-state index is 0.255. The van der Waals surface area contributed by atoms with E-state index in [9.17, 15) is 10.1 Å². The van der Waals surface area contributed by atoms with Crippen molar-refractivity contribution in [3.8, 4) is 6.07 Å². The van der Waals surface area contributed by atoms with Gasteiger partial charge in [-0.05, 0) is 43.7 Å². The van der Waals surface area contributed by atoms with Crippen molar-refractivity contribution in [1.82, 2.24) is 5.01 Å². The molecule has 0 aromatic heterocycles. The second-order valence-corrected chi connectivity index (χ2v) is 7.49. The molecule has 1 aliphatic carbocycles. The number of anilines is 1. The first-order valence-electron chi connectivity index (χ1n) is 9.77. The monoisotopic (exact) mass is 347 g/mol. The van der Waals surface area contributed by atoms with Crippen molar-refractivity contribution in [1.29, 1.82) is 5.26 Å². The molecule has 1 saturated heterocycles.